The third-order valence-corrected chi connectivity index (χ3v) is 7.65. The topological polar surface area (TPSA) is 74.6 Å². The lowest BCUT2D eigenvalue weighted by molar-refractivity contribution is 0.346. The summed E-state index contributed by atoms with van der Waals surface area (Å²) >= 11 is 5.91. The lowest BCUT2D eigenvalue weighted by Crippen LogP contribution is -2.19. The van der Waals surface area contributed by atoms with Crippen molar-refractivity contribution in [1.29, 1.82) is 0 Å². The molecule has 0 aliphatic heterocycles. The van der Waals surface area contributed by atoms with E-state index in [2.05, 4.69) is 4.18 Å². The monoisotopic (exact) mass is 625 g/mol. The lowest BCUT2D eigenvalue weighted by atomic mass is 10.0. The summed E-state index contributed by atoms with van der Waals surface area (Å²) in [5.74, 6) is -14.9. The summed E-state index contributed by atoms with van der Waals surface area (Å²) in [5.41, 5.74) is -0.0474. The molecular weight excluding hydrogens is 612 g/mol. The SMILES string of the molecule is COc1cc(-c2ccc(Cl)cc2)c(F)cc1-n1c(=O)ccc2cc(S(=O)(=O)Oc3c(F)c(F)c(F)c(F)c3F)ccc21. The van der Waals surface area contributed by atoms with Gasteiger partial charge in [-0.05, 0) is 48.0 Å². The zero-order valence-electron chi connectivity index (χ0n) is 20.9. The molecule has 42 heavy (non-hydrogen) atoms. The molecule has 5 aromatic rings. The molecule has 14 heteroatoms. The van der Waals surface area contributed by atoms with Crippen molar-refractivity contribution in [3.63, 3.8) is 0 Å². The number of methoxy groups -OCH3 is 1. The minimum Gasteiger partial charge on any atom is -0.495 e. The van der Waals surface area contributed by atoms with Gasteiger partial charge in [-0.15, -0.1) is 0 Å². The fourth-order valence-corrected chi connectivity index (χ4v) is 5.27. The van der Waals surface area contributed by atoms with E-state index in [9.17, 15) is 35.2 Å². The molecule has 0 aliphatic carbocycles. The molecule has 0 N–H and O–H groups in total. The second-order valence-corrected chi connectivity index (χ2v) is 10.7. The van der Waals surface area contributed by atoms with Gasteiger partial charge >= 0.3 is 10.1 Å². The second-order valence-electron chi connectivity index (χ2n) is 8.67. The van der Waals surface area contributed by atoms with Crippen LogP contribution in [0, 0.1) is 34.9 Å². The summed E-state index contributed by atoms with van der Waals surface area (Å²) in [6.45, 7) is 0. The van der Waals surface area contributed by atoms with E-state index in [1.165, 1.54) is 19.2 Å². The minimum atomic E-state index is -5.16. The summed E-state index contributed by atoms with van der Waals surface area (Å²) in [7, 11) is -3.87. The van der Waals surface area contributed by atoms with E-state index in [0.29, 0.717) is 10.6 Å². The van der Waals surface area contributed by atoms with Gasteiger partial charge in [-0.2, -0.15) is 17.2 Å². The Morgan fingerprint density at radius 3 is 2.00 bits per heavy atom. The number of rotatable bonds is 6. The molecule has 0 unspecified atom stereocenters. The van der Waals surface area contributed by atoms with Crippen LogP contribution < -0.4 is 14.5 Å². The van der Waals surface area contributed by atoms with Crippen molar-refractivity contribution in [2.45, 2.75) is 4.90 Å². The molecule has 5 rings (SSSR count). The largest absolute Gasteiger partial charge is 0.495 e. The van der Waals surface area contributed by atoms with Gasteiger partial charge < -0.3 is 8.92 Å². The number of hydrogen-bond acceptors (Lipinski definition) is 5. The van der Waals surface area contributed by atoms with Gasteiger partial charge in [-0.1, -0.05) is 23.7 Å². The molecule has 0 saturated heterocycles. The summed E-state index contributed by atoms with van der Waals surface area (Å²) in [6, 6.07) is 13.8. The number of halogens is 7. The number of aromatic nitrogens is 1. The Hall–Kier alpha value is -4.49. The highest BCUT2D eigenvalue weighted by Gasteiger charge is 2.31. The molecule has 0 atom stereocenters. The zero-order chi connectivity index (χ0) is 30.5. The summed E-state index contributed by atoms with van der Waals surface area (Å²) in [4.78, 5) is 12.2. The summed E-state index contributed by atoms with van der Waals surface area (Å²) < 4.78 is 120. The van der Waals surface area contributed by atoms with E-state index in [0.717, 1.165) is 34.9 Å². The third-order valence-electron chi connectivity index (χ3n) is 6.18. The third kappa shape index (κ3) is 4.94. The molecule has 1 heterocycles. The molecule has 1 aromatic heterocycles. The molecule has 0 amide bonds. The Morgan fingerprint density at radius 2 is 1.38 bits per heavy atom. The number of hydrogen-bond donors (Lipinski definition) is 0. The Labute approximate surface area is 238 Å². The summed E-state index contributed by atoms with van der Waals surface area (Å²) in [5, 5.41) is 0.477. The first-order chi connectivity index (χ1) is 19.8. The van der Waals surface area contributed by atoms with Gasteiger partial charge in [-0.25, -0.2) is 17.6 Å². The van der Waals surface area contributed by atoms with Gasteiger partial charge in [0, 0.05) is 28.1 Å². The predicted molar refractivity (Wildman–Crippen MR) is 141 cm³/mol. The average molecular weight is 626 g/mol. The van der Waals surface area contributed by atoms with E-state index in [1.807, 2.05) is 0 Å². The Balaban J connectivity index is 1.62. The molecule has 4 aromatic carbocycles. The van der Waals surface area contributed by atoms with Crippen LogP contribution in [0.25, 0.3) is 27.7 Å². The first-order valence-corrected chi connectivity index (χ1v) is 13.4. The van der Waals surface area contributed by atoms with Crippen molar-refractivity contribution >= 4 is 32.6 Å². The van der Waals surface area contributed by atoms with Gasteiger partial charge in [0.25, 0.3) is 5.56 Å². The van der Waals surface area contributed by atoms with Crippen molar-refractivity contribution in [2.75, 3.05) is 7.11 Å². The standard InChI is InChI=1S/C28H14ClF6NO5S/c1-40-21-11-17(13-2-5-15(29)6-3-13)18(30)12-20(21)36-19-8-7-16(10-14(19)4-9-22(36)37)42(38,39)41-28-26(34)24(32)23(31)25(33)27(28)35/h2-12H,1H3. The summed E-state index contributed by atoms with van der Waals surface area (Å²) in [6.07, 6.45) is 0. The van der Waals surface area contributed by atoms with E-state index in [4.69, 9.17) is 16.3 Å². The number of pyridine rings is 1. The molecule has 0 fully saturated rings. The van der Waals surface area contributed by atoms with Crippen LogP contribution in [0.1, 0.15) is 0 Å². The van der Waals surface area contributed by atoms with Crippen molar-refractivity contribution in [1.82, 2.24) is 4.57 Å². The Bertz CT molecular complexity index is 2040. The van der Waals surface area contributed by atoms with Crippen molar-refractivity contribution in [2.24, 2.45) is 0 Å². The number of nitrogens with zero attached hydrogens (tertiary/aromatic N) is 1. The maximum absolute atomic E-state index is 15.3. The van der Waals surface area contributed by atoms with Crippen LogP contribution in [0.2, 0.25) is 5.02 Å². The van der Waals surface area contributed by atoms with Crippen LogP contribution in [-0.2, 0) is 10.1 Å². The highest BCUT2D eigenvalue weighted by molar-refractivity contribution is 7.87. The van der Waals surface area contributed by atoms with Crippen LogP contribution in [0.4, 0.5) is 26.3 Å². The first-order valence-electron chi connectivity index (χ1n) is 11.6. The van der Waals surface area contributed by atoms with Crippen molar-refractivity contribution in [3.05, 3.63) is 117 Å². The van der Waals surface area contributed by atoms with E-state index >= 15 is 4.39 Å². The van der Waals surface area contributed by atoms with Gasteiger partial charge in [0.1, 0.15) is 16.5 Å². The van der Waals surface area contributed by atoms with Gasteiger partial charge in [-0.3, -0.25) is 9.36 Å². The Kier molecular flexibility index (Phi) is 7.41. The van der Waals surface area contributed by atoms with Crippen molar-refractivity contribution < 1.29 is 43.7 Å². The normalized spacial score (nSPS) is 11.6. The highest BCUT2D eigenvalue weighted by Crippen LogP contribution is 2.35. The van der Waals surface area contributed by atoms with E-state index in [-0.39, 0.29) is 27.9 Å². The molecule has 216 valence electrons. The Morgan fingerprint density at radius 1 is 0.762 bits per heavy atom. The van der Waals surface area contributed by atoms with E-state index < -0.39 is 61.2 Å². The fourth-order valence-electron chi connectivity index (χ4n) is 4.18. The molecule has 0 saturated carbocycles. The average Bonchev–Trinajstić information content (AvgIpc) is 2.97. The maximum Gasteiger partial charge on any atom is 0.339 e. The van der Waals surface area contributed by atoms with Gasteiger partial charge in [0.05, 0.1) is 18.3 Å². The smallest absolute Gasteiger partial charge is 0.339 e. The molecule has 0 bridgehead atoms. The fraction of sp³-hybridized carbons (Fsp3) is 0.0357. The van der Waals surface area contributed by atoms with Crippen LogP contribution >= 0.6 is 11.6 Å². The number of fused-ring (bicyclic) bond motifs is 1. The molecule has 0 radical (unpaired) electrons. The quantitative estimate of drug-likeness (QED) is 0.0886. The van der Waals surface area contributed by atoms with Crippen LogP contribution in [0.5, 0.6) is 11.5 Å². The van der Waals surface area contributed by atoms with Crippen LogP contribution in [0.3, 0.4) is 0 Å². The maximum atomic E-state index is 15.3. The molecule has 0 aliphatic rings. The minimum absolute atomic E-state index is 0.0425. The molecule has 0 spiro atoms. The van der Waals surface area contributed by atoms with E-state index in [1.54, 1.807) is 24.3 Å². The molecular formula is C28H14ClF6NO5S. The van der Waals surface area contributed by atoms with Crippen molar-refractivity contribution in [3.8, 4) is 28.3 Å². The lowest BCUT2D eigenvalue weighted by Gasteiger charge is -2.17. The van der Waals surface area contributed by atoms with Gasteiger partial charge in [0.15, 0.2) is 0 Å². The molecule has 6 nitrogen and oxygen atoms in total. The van der Waals surface area contributed by atoms with Crippen LogP contribution in [-0.4, -0.2) is 20.1 Å². The van der Waals surface area contributed by atoms with Gasteiger partial charge in [0.2, 0.25) is 34.8 Å². The second kappa shape index (κ2) is 10.7. The zero-order valence-corrected chi connectivity index (χ0v) is 22.5. The first kappa shape index (κ1) is 29.0. The highest BCUT2D eigenvalue weighted by atomic mass is 35.5. The van der Waals surface area contributed by atoms with Crippen LogP contribution in [0.15, 0.2) is 76.4 Å². The predicted octanol–water partition coefficient (Wildman–Crippen LogP) is 6.92. The number of benzene rings is 4. The number of ether oxygens (including phenoxy) is 1.